The van der Waals surface area contributed by atoms with Gasteiger partial charge < -0.3 is 14.5 Å². The van der Waals surface area contributed by atoms with Crippen molar-refractivity contribution >= 4 is 0 Å². The van der Waals surface area contributed by atoms with Crippen LogP contribution in [0, 0.1) is 5.92 Å². The summed E-state index contributed by atoms with van der Waals surface area (Å²) in [6.45, 7) is 3.27. The maximum Gasteiger partial charge on any atom is 0.119 e. The smallest absolute Gasteiger partial charge is 0.119 e. The average Bonchev–Trinajstić information content (AvgIpc) is 3.13. The van der Waals surface area contributed by atoms with Crippen LogP contribution in [0.4, 0.5) is 0 Å². The number of fused-ring (bicyclic) bond motifs is 4. The molecule has 1 aromatic carbocycles. The Bertz CT molecular complexity index is 709. The van der Waals surface area contributed by atoms with Crippen molar-refractivity contribution in [3.63, 3.8) is 0 Å². The van der Waals surface area contributed by atoms with Gasteiger partial charge in [0.15, 0.2) is 0 Å². The first-order valence-electron chi connectivity index (χ1n) is 9.64. The lowest BCUT2D eigenvalue weighted by Crippen LogP contribution is -2.55. The number of hydrogen-bond acceptors (Lipinski definition) is 3. The molecule has 134 valence electrons. The topological polar surface area (TPSA) is 34.4 Å². The largest absolute Gasteiger partial charge is 0.497 e. The summed E-state index contributed by atoms with van der Waals surface area (Å²) in [5, 5.41) is 3.88. The van der Waals surface area contributed by atoms with Crippen LogP contribution in [0.25, 0.3) is 0 Å². The summed E-state index contributed by atoms with van der Waals surface area (Å²) >= 11 is 0. The van der Waals surface area contributed by atoms with E-state index in [0.717, 1.165) is 18.1 Å². The number of nitrogens with one attached hydrogen (secondary N) is 1. The van der Waals surface area contributed by atoms with Crippen LogP contribution in [-0.4, -0.2) is 13.2 Å². The molecular formula is C22H29NO2. The zero-order chi connectivity index (χ0) is 17.3. The molecular weight excluding hydrogens is 310 g/mol. The number of methoxy groups -OCH3 is 1. The van der Waals surface area contributed by atoms with E-state index in [1.54, 1.807) is 13.4 Å². The number of ether oxygens (including phenoxy) is 1. The summed E-state index contributed by atoms with van der Waals surface area (Å²) in [6, 6.07) is 11.2. The second-order valence-electron chi connectivity index (χ2n) is 7.94. The van der Waals surface area contributed by atoms with Gasteiger partial charge in [0.2, 0.25) is 0 Å². The highest BCUT2D eigenvalue weighted by Crippen LogP contribution is 2.47. The SMILES string of the molecule is COc1ccc2c(c1)[C@@]1(C)CCCCC[C@H](C2)[C@@H]1NCc1ccco1. The van der Waals surface area contributed by atoms with Gasteiger partial charge in [-0.25, -0.2) is 0 Å². The third-order valence-corrected chi connectivity index (χ3v) is 6.42. The summed E-state index contributed by atoms with van der Waals surface area (Å²) in [5.74, 6) is 2.70. The molecule has 1 N–H and O–H groups in total. The second kappa shape index (κ2) is 6.87. The Hall–Kier alpha value is -1.74. The van der Waals surface area contributed by atoms with Crippen molar-refractivity contribution in [2.45, 2.75) is 63.5 Å². The fraction of sp³-hybridized carbons (Fsp3) is 0.545. The third kappa shape index (κ3) is 3.10. The van der Waals surface area contributed by atoms with Gasteiger partial charge in [-0.1, -0.05) is 32.3 Å². The summed E-state index contributed by atoms with van der Waals surface area (Å²) in [5.41, 5.74) is 3.16. The first-order valence-corrected chi connectivity index (χ1v) is 9.64. The predicted molar refractivity (Wildman–Crippen MR) is 100.0 cm³/mol. The molecule has 0 aliphatic heterocycles. The minimum atomic E-state index is 0.153. The molecule has 3 atom stereocenters. The van der Waals surface area contributed by atoms with E-state index in [2.05, 4.69) is 36.5 Å². The number of rotatable bonds is 4. The Kier molecular flexibility index (Phi) is 4.60. The highest BCUT2D eigenvalue weighted by molar-refractivity contribution is 5.44. The van der Waals surface area contributed by atoms with Crippen LogP contribution >= 0.6 is 0 Å². The van der Waals surface area contributed by atoms with Gasteiger partial charge in [-0.2, -0.15) is 0 Å². The summed E-state index contributed by atoms with van der Waals surface area (Å²) in [4.78, 5) is 0. The lowest BCUT2D eigenvalue weighted by atomic mass is 9.59. The summed E-state index contributed by atoms with van der Waals surface area (Å²) < 4.78 is 11.1. The van der Waals surface area contributed by atoms with Gasteiger partial charge in [-0.15, -0.1) is 0 Å². The molecule has 1 saturated carbocycles. The fourth-order valence-corrected chi connectivity index (χ4v) is 5.13. The summed E-state index contributed by atoms with van der Waals surface area (Å²) in [6.07, 6.45) is 9.50. The normalized spacial score (nSPS) is 28.7. The fourth-order valence-electron chi connectivity index (χ4n) is 5.13. The zero-order valence-electron chi connectivity index (χ0n) is 15.4. The first kappa shape index (κ1) is 16.7. The van der Waals surface area contributed by atoms with E-state index in [9.17, 15) is 0 Å². The average molecular weight is 339 g/mol. The molecule has 1 aromatic heterocycles. The Morgan fingerprint density at radius 1 is 1.24 bits per heavy atom. The van der Waals surface area contributed by atoms with Crippen LogP contribution in [-0.2, 0) is 18.4 Å². The molecule has 1 fully saturated rings. The van der Waals surface area contributed by atoms with Gasteiger partial charge in [0, 0.05) is 11.5 Å². The standard InChI is InChI=1S/C22H29NO2/c1-22-11-5-3-4-7-17(21(22)23-15-19-8-6-12-25-19)13-16-9-10-18(24-2)14-20(16)22/h6,8-10,12,14,17,21,23H,3-5,7,11,13,15H2,1-2H3/t17-,21+,22-/m1/s1. The molecule has 2 aliphatic rings. The van der Waals surface area contributed by atoms with E-state index in [1.807, 2.05) is 6.07 Å². The van der Waals surface area contributed by atoms with E-state index in [-0.39, 0.29) is 5.41 Å². The van der Waals surface area contributed by atoms with Gasteiger partial charge in [0.25, 0.3) is 0 Å². The molecule has 4 rings (SSSR count). The van der Waals surface area contributed by atoms with E-state index in [0.29, 0.717) is 12.0 Å². The van der Waals surface area contributed by atoms with Gasteiger partial charge in [0.05, 0.1) is 19.9 Å². The lowest BCUT2D eigenvalue weighted by Gasteiger charge is -2.49. The van der Waals surface area contributed by atoms with Crippen molar-refractivity contribution in [1.29, 1.82) is 0 Å². The maximum absolute atomic E-state index is 5.56. The van der Waals surface area contributed by atoms with E-state index in [1.165, 1.54) is 49.7 Å². The molecule has 0 spiro atoms. The predicted octanol–water partition coefficient (Wildman–Crippen LogP) is 4.84. The van der Waals surface area contributed by atoms with Crippen LogP contribution in [0.5, 0.6) is 5.75 Å². The van der Waals surface area contributed by atoms with Crippen LogP contribution in [0.1, 0.15) is 55.9 Å². The Labute approximate surface area is 150 Å². The van der Waals surface area contributed by atoms with Crippen LogP contribution in [0.2, 0.25) is 0 Å². The molecule has 1 heterocycles. The van der Waals surface area contributed by atoms with E-state index < -0.39 is 0 Å². The molecule has 0 radical (unpaired) electrons. The molecule has 3 heteroatoms. The van der Waals surface area contributed by atoms with Gasteiger partial charge >= 0.3 is 0 Å². The van der Waals surface area contributed by atoms with Crippen molar-refractivity contribution in [2.24, 2.45) is 5.92 Å². The molecule has 2 aliphatic carbocycles. The summed E-state index contributed by atoms with van der Waals surface area (Å²) in [7, 11) is 1.76. The highest BCUT2D eigenvalue weighted by atomic mass is 16.5. The molecule has 0 saturated heterocycles. The Balaban J connectivity index is 1.70. The molecule has 0 amide bonds. The van der Waals surface area contributed by atoms with Gasteiger partial charge in [-0.05, 0) is 60.6 Å². The molecule has 25 heavy (non-hydrogen) atoms. The van der Waals surface area contributed by atoms with Crippen LogP contribution < -0.4 is 10.1 Å². The minimum absolute atomic E-state index is 0.153. The minimum Gasteiger partial charge on any atom is -0.497 e. The van der Waals surface area contributed by atoms with Crippen molar-refractivity contribution in [3.8, 4) is 5.75 Å². The molecule has 2 aromatic rings. The van der Waals surface area contributed by atoms with E-state index >= 15 is 0 Å². The van der Waals surface area contributed by atoms with Crippen molar-refractivity contribution in [1.82, 2.24) is 5.32 Å². The molecule has 3 nitrogen and oxygen atoms in total. The molecule has 2 bridgehead atoms. The zero-order valence-corrected chi connectivity index (χ0v) is 15.4. The van der Waals surface area contributed by atoms with Crippen molar-refractivity contribution in [3.05, 3.63) is 53.5 Å². The maximum atomic E-state index is 5.56. The molecule has 0 unspecified atom stereocenters. The first-order chi connectivity index (χ1) is 12.2. The third-order valence-electron chi connectivity index (χ3n) is 6.42. The number of furan rings is 1. The Morgan fingerprint density at radius 3 is 2.96 bits per heavy atom. The Morgan fingerprint density at radius 2 is 2.16 bits per heavy atom. The van der Waals surface area contributed by atoms with Crippen LogP contribution in [0.3, 0.4) is 0 Å². The number of hydrogen-bond donors (Lipinski definition) is 1. The van der Waals surface area contributed by atoms with Gasteiger partial charge in [0.1, 0.15) is 11.5 Å². The second-order valence-corrected chi connectivity index (χ2v) is 7.94. The van der Waals surface area contributed by atoms with Crippen LogP contribution in [0.15, 0.2) is 41.0 Å². The van der Waals surface area contributed by atoms with Crippen molar-refractivity contribution in [2.75, 3.05) is 7.11 Å². The number of benzene rings is 1. The van der Waals surface area contributed by atoms with Gasteiger partial charge in [-0.3, -0.25) is 0 Å². The quantitative estimate of drug-likeness (QED) is 0.865. The van der Waals surface area contributed by atoms with Crippen molar-refractivity contribution < 1.29 is 9.15 Å². The highest BCUT2D eigenvalue weighted by Gasteiger charge is 2.45. The van der Waals surface area contributed by atoms with E-state index in [4.69, 9.17) is 9.15 Å². The lowest BCUT2D eigenvalue weighted by molar-refractivity contribution is 0.162. The monoisotopic (exact) mass is 339 g/mol.